The molecule has 1 saturated carbocycles. The minimum Gasteiger partial charge on any atom is -0.378 e. The molecule has 1 aliphatic rings. The molecule has 0 aromatic carbocycles. The Bertz CT molecular complexity index is 357. The molecule has 1 atom stereocenters. The Labute approximate surface area is 128 Å². The van der Waals surface area contributed by atoms with E-state index in [2.05, 4.69) is 44.8 Å². The number of hydrogen-bond acceptors (Lipinski definition) is 2. The first kappa shape index (κ1) is 14.3. The fourth-order valence-electron chi connectivity index (χ4n) is 2.17. The summed E-state index contributed by atoms with van der Waals surface area (Å²) in [6.07, 6.45) is 4.09. The highest BCUT2D eigenvalue weighted by atomic mass is 79.9. The molecule has 0 aliphatic heterocycles. The molecular formula is C12H15Br2ClOS. The van der Waals surface area contributed by atoms with Crippen molar-refractivity contribution >= 4 is 54.8 Å². The van der Waals surface area contributed by atoms with Gasteiger partial charge >= 0.3 is 0 Å². The molecule has 1 heterocycles. The summed E-state index contributed by atoms with van der Waals surface area (Å²) in [5.41, 5.74) is 0. The van der Waals surface area contributed by atoms with E-state index in [0.29, 0.717) is 10.9 Å². The monoisotopic (exact) mass is 400 g/mol. The molecule has 1 fully saturated rings. The predicted molar refractivity (Wildman–Crippen MR) is 81.5 cm³/mol. The van der Waals surface area contributed by atoms with Gasteiger partial charge in [0.2, 0.25) is 0 Å². The molecule has 0 bridgehead atoms. The molecule has 0 amide bonds. The zero-order chi connectivity index (χ0) is 12.4. The Morgan fingerprint density at radius 1 is 1.59 bits per heavy atom. The van der Waals surface area contributed by atoms with Crippen LogP contribution in [0.3, 0.4) is 0 Å². The smallest absolute Gasteiger partial charge is 0.0887 e. The van der Waals surface area contributed by atoms with Gasteiger partial charge < -0.3 is 4.74 Å². The van der Waals surface area contributed by atoms with Gasteiger partial charge in [-0.3, -0.25) is 0 Å². The largest absolute Gasteiger partial charge is 0.378 e. The highest BCUT2D eigenvalue weighted by Gasteiger charge is 2.31. The fourth-order valence-corrected chi connectivity index (χ4v) is 4.84. The second-order valence-corrected chi connectivity index (χ2v) is 8.30. The van der Waals surface area contributed by atoms with Gasteiger partial charge in [-0.05, 0) is 54.1 Å². The normalized spacial score (nSPS) is 25.6. The summed E-state index contributed by atoms with van der Waals surface area (Å²) in [4.78, 5) is 1.73. The highest BCUT2D eigenvalue weighted by molar-refractivity contribution is 9.11. The number of thiophene rings is 1. The van der Waals surface area contributed by atoms with Crippen LogP contribution in [0.4, 0.5) is 0 Å². The van der Waals surface area contributed by atoms with E-state index in [0.717, 1.165) is 21.3 Å². The summed E-state index contributed by atoms with van der Waals surface area (Å²) in [6.45, 7) is 2.90. The predicted octanol–water partition coefficient (Wildman–Crippen LogP) is 5.81. The average Bonchev–Trinajstić information content (AvgIpc) is 2.56. The standard InChI is InChI=1S/C12H15Br2ClOS/c1-2-16-8-3-7(4-8)5-9(13)11-6-10(15)12(14)17-11/h6-9H,2-5H2,1H3. The van der Waals surface area contributed by atoms with Crippen molar-refractivity contribution in [3.05, 3.63) is 19.8 Å². The highest BCUT2D eigenvalue weighted by Crippen LogP contribution is 2.44. The van der Waals surface area contributed by atoms with Crippen molar-refractivity contribution < 1.29 is 4.74 Å². The molecular weight excluding hydrogens is 387 g/mol. The fraction of sp³-hybridized carbons (Fsp3) is 0.667. The molecule has 17 heavy (non-hydrogen) atoms. The van der Waals surface area contributed by atoms with Crippen LogP contribution in [0, 0.1) is 5.92 Å². The average molecular weight is 403 g/mol. The van der Waals surface area contributed by atoms with Gasteiger partial charge in [0.15, 0.2) is 0 Å². The topological polar surface area (TPSA) is 9.23 Å². The number of halogens is 3. The Hall–Kier alpha value is 0.910. The zero-order valence-corrected chi connectivity index (χ0v) is 14.3. The summed E-state index contributed by atoms with van der Waals surface area (Å²) >= 11 is 15.0. The number of hydrogen-bond donors (Lipinski definition) is 0. The Kier molecular flexibility index (Phi) is 5.37. The van der Waals surface area contributed by atoms with Crippen LogP contribution in [-0.4, -0.2) is 12.7 Å². The maximum absolute atomic E-state index is 6.04. The first-order valence-corrected chi connectivity index (χ1v) is 8.70. The van der Waals surface area contributed by atoms with Crippen LogP contribution >= 0.6 is 54.8 Å². The van der Waals surface area contributed by atoms with Gasteiger partial charge in [-0.25, -0.2) is 0 Å². The SMILES string of the molecule is CCOC1CC(CC(Br)c2cc(Cl)c(Br)s2)C1. The molecule has 1 aliphatic carbocycles. The minimum atomic E-state index is 0.420. The van der Waals surface area contributed by atoms with E-state index < -0.39 is 0 Å². The van der Waals surface area contributed by atoms with Crippen molar-refractivity contribution in [2.45, 2.75) is 37.1 Å². The second kappa shape index (κ2) is 6.38. The van der Waals surface area contributed by atoms with Crippen LogP contribution in [0.1, 0.15) is 35.9 Å². The quantitative estimate of drug-likeness (QED) is 0.565. The molecule has 2 rings (SSSR count). The molecule has 1 aromatic heterocycles. The molecule has 1 aromatic rings. The lowest BCUT2D eigenvalue weighted by molar-refractivity contribution is -0.0264. The van der Waals surface area contributed by atoms with E-state index in [-0.39, 0.29) is 0 Å². The summed E-state index contributed by atoms with van der Waals surface area (Å²) in [7, 11) is 0. The van der Waals surface area contributed by atoms with Gasteiger partial charge in [0.25, 0.3) is 0 Å². The maximum atomic E-state index is 6.04. The molecule has 0 saturated heterocycles. The van der Waals surface area contributed by atoms with Crippen LogP contribution in [0.15, 0.2) is 9.85 Å². The van der Waals surface area contributed by atoms with Crippen molar-refractivity contribution in [1.29, 1.82) is 0 Å². The van der Waals surface area contributed by atoms with Crippen molar-refractivity contribution in [3.63, 3.8) is 0 Å². The van der Waals surface area contributed by atoms with Crippen molar-refractivity contribution in [2.24, 2.45) is 5.92 Å². The lowest BCUT2D eigenvalue weighted by Gasteiger charge is -2.35. The van der Waals surface area contributed by atoms with Gasteiger partial charge in [0.05, 0.1) is 14.9 Å². The number of rotatable bonds is 5. The van der Waals surface area contributed by atoms with E-state index in [1.54, 1.807) is 11.3 Å². The molecule has 0 N–H and O–H groups in total. The zero-order valence-electron chi connectivity index (χ0n) is 9.59. The first-order chi connectivity index (χ1) is 8.10. The van der Waals surface area contributed by atoms with Crippen LogP contribution in [0.5, 0.6) is 0 Å². The van der Waals surface area contributed by atoms with E-state index in [9.17, 15) is 0 Å². The third-order valence-electron chi connectivity index (χ3n) is 3.11. The van der Waals surface area contributed by atoms with E-state index in [4.69, 9.17) is 16.3 Å². The summed E-state index contributed by atoms with van der Waals surface area (Å²) in [5.74, 6) is 0.788. The van der Waals surface area contributed by atoms with Gasteiger partial charge in [-0.1, -0.05) is 27.5 Å². The van der Waals surface area contributed by atoms with Gasteiger partial charge in [0.1, 0.15) is 0 Å². The minimum absolute atomic E-state index is 0.420. The second-order valence-electron chi connectivity index (χ2n) is 4.39. The third-order valence-corrected chi connectivity index (χ3v) is 6.87. The summed E-state index contributed by atoms with van der Waals surface area (Å²) in [6, 6.07) is 2.05. The lowest BCUT2D eigenvalue weighted by atomic mass is 9.79. The molecule has 0 radical (unpaired) electrons. The van der Waals surface area contributed by atoms with Crippen LogP contribution in [0.2, 0.25) is 5.02 Å². The number of alkyl halides is 1. The molecule has 0 spiro atoms. The van der Waals surface area contributed by atoms with Crippen LogP contribution in [-0.2, 0) is 4.74 Å². The summed E-state index contributed by atoms with van der Waals surface area (Å²) < 4.78 is 6.60. The van der Waals surface area contributed by atoms with Crippen molar-refractivity contribution in [3.8, 4) is 0 Å². The molecule has 5 heteroatoms. The van der Waals surface area contributed by atoms with E-state index >= 15 is 0 Å². The maximum Gasteiger partial charge on any atom is 0.0887 e. The molecule has 1 unspecified atom stereocenters. The van der Waals surface area contributed by atoms with Crippen molar-refractivity contribution in [2.75, 3.05) is 6.61 Å². The molecule has 1 nitrogen and oxygen atoms in total. The summed E-state index contributed by atoms with van der Waals surface area (Å²) in [5, 5.41) is 0.815. The van der Waals surface area contributed by atoms with Gasteiger partial charge in [-0.15, -0.1) is 11.3 Å². The van der Waals surface area contributed by atoms with E-state index in [1.165, 1.54) is 24.1 Å². The number of ether oxygens (including phenoxy) is 1. The third kappa shape index (κ3) is 3.69. The van der Waals surface area contributed by atoms with Crippen LogP contribution in [0.25, 0.3) is 0 Å². The van der Waals surface area contributed by atoms with E-state index in [1.807, 2.05) is 0 Å². The lowest BCUT2D eigenvalue weighted by Crippen LogP contribution is -2.31. The van der Waals surface area contributed by atoms with Gasteiger partial charge in [-0.2, -0.15) is 0 Å². The first-order valence-electron chi connectivity index (χ1n) is 5.80. The Morgan fingerprint density at radius 2 is 2.29 bits per heavy atom. The Morgan fingerprint density at radius 3 is 2.82 bits per heavy atom. The van der Waals surface area contributed by atoms with Gasteiger partial charge in [0, 0.05) is 16.3 Å². The van der Waals surface area contributed by atoms with Crippen LogP contribution < -0.4 is 0 Å². The molecule has 96 valence electrons. The van der Waals surface area contributed by atoms with Crippen molar-refractivity contribution in [1.82, 2.24) is 0 Å². The Balaban J connectivity index is 1.80.